The summed E-state index contributed by atoms with van der Waals surface area (Å²) in [5.74, 6) is 0. The summed E-state index contributed by atoms with van der Waals surface area (Å²) in [6.45, 7) is 4.66. The number of likely N-dealkylation sites (tertiary alicyclic amines) is 1. The quantitative estimate of drug-likeness (QED) is 0.881. The predicted molar refractivity (Wildman–Crippen MR) is 82.8 cm³/mol. The molecule has 1 aliphatic heterocycles. The number of halogens is 1. The topological polar surface area (TPSA) is 15.3 Å². The average molecular weight is 281 g/mol. The number of benzene rings is 1. The average Bonchev–Trinajstić information content (AvgIpc) is 2.42. The lowest BCUT2D eigenvalue weighted by Gasteiger charge is -2.33. The fourth-order valence-electron chi connectivity index (χ4n) is 2.79. The molecule has 0 radical (unpaired) electrons. The Morgan fingerprint density at radius 3 is 2.47 bits per heavy atom. The zero-order valence-corrected chi connectivity index (χ0v) is 12.8. The molecule has 0 saturated carbocycles. The van der Waals surface area contributed by atoms with Gasteiger partial charge in [-0.25, -0.2) is 0 Å². The maximum absolute atomic E-state index is 5.98. The highest BCUT2D eigenvalue weighted by Crippen LogP contribution is 2.23. The van der Waals surface area contributed by atoms with Crippen molar-refractivity contribution in [2.24, 2.45) is 0 Å². The van der Waals surface area contributed by atoms with Crippen molar-refractivity contribution in [2.75, 3.05) is 20.1 Å². The lowest BCUT2D eigenvalue weighted by Crippen LogP contribution is -2.42. The second kappa shape index (κ2) is 7.28. The van der Waals surface area contributed by atoms with Crippen LogP contribution in [0.2, 0.25) is 5.02 Å². The number of nitrogens with zero attached hydrogens (tertiary/aromatic N) is 1. The van der Waals surface area contributed by atoms with Crippen LogP contribution in [0.15, 0.2) is 24.3 Å². The third kappa shape index (κ3) is 4.48. The van der Waals surface area contributed by atoms with Crippen LogP contribution in [-0.2, 0) is 0 Å². The van der Waals surface area contributed by atoms with Crippen molar-refractivity contribution >= 4 is 11.6 Å². The van der Waals surface area contributed by atoms with E-state index in [0.29, 0.717) is 12.1 Å². The molecular weight excluding hydrogens is 256 g/mol. The van der Waals surface area contributed by atoms with Gasteiger partial charge < -0.3 is 10.2 Å². The standard InChI is InChI=1S/C16H25ClN2/c1-3-4-16(13-5-7-14(17)8-6-13)18-15-9-11-19(2)12-10-15/h5-8,15-16,18H,3-4,9-12H2,1-2H3/t16-/m0/s1. The van der Waals surface area contributed by atoms with Gasteiger partial charge in [-0.1, -0.05) is 37.1 Å². The summed E-state index contributed by atoms with van der Waals surface area (Å²) in [7, 11) is 2.21. The van der Waals surface area contributed by atoms with Gasteiger partial charge in [0.1, 0.15) is 0 Å². The predicted octanol–water partition coefficient (Wildman–Crippen LogP) is 3.87. The SMILES string of the molecule is CCC[C@H](NC1CCN(C)CC1)c1ccc(Cl)cc1. The molecule has 106 valence electrons. The number of rotatable bonds is 5. The lowest BCUT2D eigenvalue weighted by atomic mass is 9.98. The van der Waals surface area contributed by atoms with Crippen LogP contribution in [0.3, 0.4) is 0 Å². The van der Waals surface area contributed by atoms with Crippen LogP contribution in [-0.4, -0.2) is 31.1 Å². The van der Waals surface area contributed by atoms with Crippen LogP contribution in [0.1, 0.15) is 44.2 Å². The van der Waals surface area contributed by atoms with Crippen molar-refractivity contribution in [2.45, 2.75) is 44.7 Å². The highest BCUT2D eigenvalue weighted by Gasteiger charge is 2.20. The fourth-order valence-corrected chi connectivity index (χ4v) is 2.92. The molecule has 2 nitrogen and oxygen atoms in total. The Hall–Kier alpha value is -0.570. The molecule has 0 amide bonds. The smallest absolute Gasteiger partial charge is 0.0406 e. The monoisotopic (exact) mass is 280 g/mol. The largest absolute Gasteiger partial charge is 0.307 e. The first-order valence-electron chi connectivity index (χ1n) is 7.39. The van der Waals surface area contributed by atoms with Crippen LogP contribution in [0, 0.1) is 0 Å². The second-order valence-electron chi connectivity index (χ2n) is 5.64. The molecular formula is C16H25ClN2. The van der Waals surface area contributed by atoms with Crippen LogP contribution >= 0.6 is 11.6 Å². The van der Waals surface area contributed by atoms with E-state index in [9.17, 15) is 0 Å². The highest BCUT2D eigenvalue weighted by molar-refractivity contribution is 6.30. The third-order valence-electron chi connectivity index (χ3n) is 4.01. The van der Waals surface area contributed by atoms with Crippen molar-refractivity contribution < 1.29 is 0 Å². The number of piperidine rings is 1. The Bertz CT molecular complexity index is 369. The van der Waals surface area contributed by atoms with E-state index in [4.69, 9.17) is 11.6 Å². The highest BCUT2D eigenvalue weighted by atomic mass is 35.5. The van der Waals surface area contributed by atoms with E-state index >= 15 is 0 Å². The van der Waals surface area contributed by atoms with Crippen molar-refractivity contribution in [1.82, 2.24) is 10.2 Å². The molecule has 1 N–H and O–H groups in total. The van der Waals surface area contributed by atoms with Crippen molar-refractivity contribution in [3.05, 3.63) is 34.9 Å². The maximum atomic E-state index is 5.98. The first kappa shape index (κ1) is 14.8. The summed E-state index contributed by atoms with van der Waals surface area (Å²) in [4.78, 5) is 2.41. The first-order chi connectivity index (χ1) is 9.19. The van der Waals surface area contributed by atoms with Gasteiger partial charge in [0.25, 0.3) is 0 Å². The molecule has 2 rings (SSSR count). The zero-order chi connectivity index (χ0) is 13.7. The molecule has 1 aromatic rings. The molecule has 1 atom stereocenters. The number of hydrogen-bond donors (Lipinski definition) is 1. The van der Waals surface area contributed by atoms with Gasteiger partial charge in [0.15, 0.2) is 0 Å². The van der Waals surface area contributed by atoms with Crippen molar-refractivity contribution in [3.8, 4) is 0 Å². The Kier molecular flexibility index (Phi) is 5.68. The molecule has 1 heterocycles. The molecule has 19 heavy (non-hydrogen) atoms. The minimum Gasteiger partial charge on any atom is -0.307 e. The van der Waals surface area contributed by atoms with E-state index in [1.807, 2.05) is 12.1 Å². The second-order valence-corrected chi connectivity index (χ2v) is 6.07. The van der Waals surface area contributed by atoms with E-state index in [1.165, 1.54) is 44.3 Å². The molecule has 0 aliphatic carbocycles. The molecule has 1 fully saturated rings. The van der Waals surface area contributed by atoms with E-state index in [-0.39, 0.29) is 0 Å². The van der Waals surface area contributed by atoms with Gasteiger partial charge in [0.2, 0.25) is 0 Å². The fraction of sp³-hybridized carbons (Fsp3) is 0.625. The summed E-state index contributed by atoms with van der Waals surface area (Å²) in [6, 6.07) is 9.43. The van der Waals surface area contributed by atoms with Crippen LogP contribution in [0.5, 0.6) is 0 Å². The van der Waals surface area contributed by atoms with Gasteiger partial charge in [0, 0.05) is 17.1 Å². The molecule has 1 saturated heterocycles. The molecule has 1 aromatic carbocycles. The number of nitrogens with one attached hydrogen (secondary N) is 1. The number of hydrogen-bond acceptors (Lipinski definition) is 2. The van der Waals surface area contributed by atoms with E-state index in [0.717, 1.165) is 5.02 Å². The van der Waals surface area contributed by atoms with Crippen molar-refractivity contribution in [3.63, 3.8) is 0 Å². The molecule has 0 aromatic heterocycles. The minimum absolute atomic E-state index is 0.468. The summed E-state index contributed by atoms with van der Waals surface area (Å²) < 4.78 is 0. The van der Waals surface area contributed by atoms with Gasteiger partial charge in [0.05, 0.1) is 0 Å². The normalized spacial score (nSPS) is 19.5. The Balaban J connectivity index is 1.97. The van der Waals surface area contributed by atoms with Crippen molar-refractivity contribution in [1.29, 1.82) is 0 Å². The van der Waals surface area contributed by atoms with Crippen LogP contribution in [0.25, 0.3) is 0 Å². The Morgan fingerprint density at radius 1 is 1.26 bits per heavy atom. The molecule has 0 unspecified atom stereocenters. The molecule has 3 heteroatoms. The summed E-state index contributed by atoms with van der Waals surface area (Å²) in [5, 5.41) is 4.66. The maximum Gasteiger partial charge on any atom is 0.0406 e. The lowest BCUT2D eigenvalue weighted by molar-refractivity contribution is 0.222. The van der Waals surface area contributed by atoms with E-state index in [2.05, 4.69) is 36.3 Å². The molecule has 1 aliphatic rings. The molecule has 0 spiro atoms. The van der Waals surface area contributed by atoms with Crippen LogP contribution in [0.4, 0.5) is 0 Å². The Morgan fingerprint density at radius 2 is 1.89 bits per heavy atom. The van der Waals surface area contributed by atoms with Gasteiger partial charge in [-0.15, -0.1) is 0 Å². The minimum atomic E-state index is 0.468. The summed E-state index contributed by atoms with van der Waals surface area (Å²) >= 11 is 5.98. The molecule has 0 bridgehead atoms. The summed E-state index contributed by atoms with van der Waals surface area (Å²) in [6.07, 6.45) is 4.90. The third-order valence-corrected chi connectivity index (χ3v) is 4.26. The van der Waals surface area contributed by atoms with Gasteiger partial charge in [-0.2, -0.15) is 0 Å². The van der Waals surface area contributed by atoms with Crippen LogP contribution < -0.4 is 5.32 Å². The summed E-state index contributed by atoms with van der Waals surface area (Å²) in [5.41, 5.74) is 1.37. The van der Waals surface area contributed by atoms with Gasteiger partial charge in [-0.05, 0) is 57.1 Å². The first-order valence-corrected chi connectivity index (χ1v) is 7.77. The zero-order valence-electron chi connectivity index (χ0n) is 12.0. The van der Waals surface area contributed by atoms with E-state index < -0.39 is 0 Å². The van der Waals surface area contributed by atoms with Gasteiger partial charge >= 0.3 is 0 Å². The Labute approximate surface area is 122 Å². The van der Waals surface area contributed by atoms with E-state index in [1.54, 1.807) is 0 Å². The van der Waals surface area contributed by atoms with Gasteiger partial charge in [-0.3, -0.25) is 0 Å².